The number of aliphatic hydroxyl groups excluding tert-OH is 1. The number of hydrogen-bond acceptors (Lipinski definition) is 6. The van der Waals surface area contributed by atoms with Gasteiger partial charge in [0, 0.05) is 35.9 Å². The normalized spacial score (nSPS) is 16.8. The van der Waals surface area contributed by atoms with Gasteiger partial charge in [0.25, 0.3) is 0 Å². The van der Waals surface area contributed by atoms with Crippen LogP contribution in [0.2, 0.25) is 0 Å². The van der Waals surface area contributed by atoms with E-state index in [9.17, 15) is 14.7 Å². The van der Waals surface area contributed by atoms with Gasteiger partial charge in [0.05, 0.1) is 19.8 Å². The van der Waals surface area contributed by atoms with E-state index in [4.69, 9.17) is 15.9 Å². The lowest BCUT2D eigenvalue weighted by atomic mass is 10.1. The second kappa shape index (κ2) is 11.3. The zero-order valence-electron chi connectivity index (χ0n) is 19.5. The molecular formula is C24H35N5O4. The highest BCUT2D eigenvalue weighted by Gasteiger charge is 2.33. The van der Waals surface area contributed by atoms with Crippen LogP contribution in [0.1, 0.15) is 44.4 Å². The number of fused-ring (bicyclic) bond motifs is 1. The van der Waals surface area contributed by atoms with E-state index in [-0.39, 0.29) is 37.5 Å². The van der Waals surface area contributed by atoms with Crippen LogP contribution in [-0.2, 0) is 27.3 Å². The van der Waals surface area contributed by atoms with Crippen molar-refractivity contribution in [3.05, 3.63) is 35.5 Å². The molecule has 2 unspecified atom stereocenters. The maximum atomic E-state index is 13.0. The molecule has 0 spiro atoms. The molecule has 1 amide bonds. The molecule has 5 N–H and O–H groups in total. The quantitative estimate of drug-likeness (QED) is 0.229. The number of esters is 1. The minimum absolute atomic E-state index is 0.0532. The van der Waals surface area contributed by atoms with Gasteiger partial charge in [0.15, 0.2) is 0 Å². The predicted molar refractivity (Wildman–Crippen MR) is 127 cm³/mol. The number of rotatable bonds is 11. The minimum atomic E-state index is -0.818. The van der Waals surface area contributed by atoms with Crippen molar-refractivity contribution in [1.29, 1.82) is 5.41 Å². The summed E-state index contributed by atoms with van der Waals surface area (Å²) in [5.74, 6) is -0.564. The molecule has 0 radical (unpaired) electrons. The van der Waals surface area contributed by atoms with Crippen LogP contribution in [0.15, 0.2) is 24.3 Å². The summed E-state index contributed by atoms with van der Waals surface area (Å²) in [6.45, 7) is 5.07. The van der Waals surface area contributed by atoms with Gasteiger partial charge < -0.3 is 25.0 Å². The van der Waals surface area contributed by atoms with Crippen molar-refractivity contribution in [2.24, 2.45) is 5.73 Å². The molecule has 1 aliphatic heterocycles. The van der Waals surface area contributed by atoms with E-state index in [2.05, 4.69) is 22.9 Å². The van der Waals surface area contributed by atoms with E-state index < -0.39 is 12.0 Å². The largest absolute Gasteiger partial charge is 0.465 e. The molecule has 0 saturated carbocycles. The summed E-state index contributed by atoms with van der Waals surface area (Å²) < 4.78 is 7.13. The molecule has 33 heavy (non-hydrogen) atoms. The maximum Gasteiger partial charge on any atom is 0.319 e. The van der Waals surface area contributed by atoms with Crippen LogP contribution in [0.4, 0.5) is 0 Å². The molecule has 0 bridgehead atoms. The number of nitrogen functional groups attached to an aromatic ring is 1. The SMILES string of the molecule is CCOC(=O)CNC(CO)C(=O)N1CCCC1CCc1cc2ccc(C(=N)N)cc2n1CC. The minimum Gasteiger partial charge on any atom is -0.465 e. The molecule has 2 atom stereocenters. The number of amidine groups is 1. The summed E-state index contributed by atoms with van der Waals surface area (Å²) in [6, 6.07) is 7.26. The summed E-state index contributed by atoms with van der Waals surface area (Å²) in [6.07, 6.45) is 3.47. The number of nitrogens with two attached hydrogens (primary N) is 1. The van der Waals surface area contributed by atoms with Gasteiger partial charge >= 0.3 is 5.97 Å². The van der Waals surface area contributed by atoms with Gasteiger partial charge in [-0.05, 0) is 57.0 Å². The van der Waals surface area contributed by atoms with Gasteiger partial charge in [0.1, 0.15) is 11.9 Å². The molecule has 1 aromatic heterocycles. The predicted octanol–water partition coefficient (Wildman–Crippen LogP) is 1.38. The van der Waals surface area contributed by atoms with E-state index >= 15 is 0 Å². The number of nitrogens with one attached hydrogen (secondary N) is 2. The van der Waals surface area contributed by atoms with Gasteiger partial charge in [-0.1, -0.05) is 12.1 Å². The van der Waals surface area contributed by atoms with Crippen molar-refractivity contribution in [2.45, 2.75) is 58.2 Å². The number of aliphatic hydroxyl groups is 1. The molecule has 0 aliphatic carbocycles. The number of carbonyl (C=O) groups is 2. The molecule has 2 aromatic rings. The number of benzene rings is 1. The molecule has 9 nitrogen and oxygen atoms in total. The van der Waals surface area contributed by atoms with Crippen LogP contribution in [0, 0.1) is 5.41 Å². The lowest BCUT2D eigenvalue weighted by molar-refractivity contribution is -0.142. The molecule has 180 valence electrons. The fourth-order valence-electron chi connectivity index (χ4n) is 4.65. The van der Waals surface area contributed by atoms with Crippen molar-refractivity contribution in [3.63, 3.8) is 0 Å². The third-order valence-electron chi connectivity index (χ3n) is 6.29. The molecule has 1 fully saturated rings. The van der Waals surface area contributed by atoms with Crippen LogP contribution in [0.25, 0.3) is 10.9 Å². The Morgan fingerprint density at radius 2 is 2.12 bits per heavy atom. The van der Waals surface area contributed by atoms with Gasteiger partial charge in [-0.25, -0.2) is 0 Å². The first-order chi connectivity index (χ1) is 15.9. The number of amides is 1. The van der Waals surface area contributed by atoms with E-state index in [1.165, 1.54) is 5.69 Å². The smallest absolute Gasteiger partial charge is 0.319 e. The van der Waals surface area contributed by atoms with E-state index in [1.54, 1.807) is 6.92 Å². The number of carbonyl (C=O) groups excluding carboxylic acids is 2. The fraction of sp³-hybridized carbons (Fsp3) is 0.542. The Hall–Kier alpha value is -2.91. The standard InChI is InChI=1S/C24H35N5O4/c1-3-28-19(12-16-7-8-17(23(25)26)13-21(16)28)10-9-18-6-5-11-29(18)24(32)20(15-30)27-14-22(31)33-4-2/h7-8,12-13,18,20,27,30H,3-6,9-11,14-15H2,1-2H3,(H3,25,26). The first-order valence-electron chi connectivity index (χ1n) is 11.7. The summed E-state index contributed by atoms with van der Waals surface area (Å²) in [5.41, 5.74) is 8.62. The van der Waals surface area contributed by atoms with Gasteiger partial charge in [0.2, 0.25) is 5.91 Å². The lowest BCUT2D eigenvalue weighted by Crippen LogP contribution is -2.51. The highest BCUT2D eigenvalue weighted by Crippen LogP contribution is 2.26. The number of nitrogens with zero attached hydrogens (tertiary/aromatic N) is 2. The average molecular weight is 458 g/mol. The van der Waals surface area contributed by atoms with Crippen molar-refractivity contribution in [1.82, 2.24) is 14.8 Å². The summed E-state index contributed by atoms with van der Waals surface area (Å²) in [4.78, 5) is 26.5. The van der Waals surface area contributed by atoms with E-state index in [0.717, 1.165) is 43.1 Å². The number of aromatic nitrogens is 1. The second-order valence-electron chi connectivity index (χ2n) is 8.35. The molecular weight excluding hydrogens is 422 g/mol. The van der Waals surface area contributed by atoms with Crippen LogP contribution < -0.4 is 11.1 Å². The molecule has 1 aromatic carbocycles. The first kappa shape index (κ1) is 24.7. The van der Waals surface area contributed by atoms with Crippen LogP contribution in [-0.4, -0.2) is 70.7 Å². The number of hydrogen-bond donors (Lipinski definition) is 4. The Labute approximate surface area is 194 Å². The van der Waals surface area contributed by atoms with E-state index in [1.807, 2.05) is 23.1 Å². The zero-order chi connectivity index (χ0) is 24.0. The van der Waals surface area contributed by atoms with Crippen molar-refractivity contribution in [2.75, 3.05) is 26.3 Å². The summed E-state index contributed by atoms with van der Waals surface area (Å²) in [7, 11) is 0. The topological polar surface area (TPSA) is 134 Å². The highest BCUT2D eigenvalue weighted by molar-refractivity contribution is 5.98. The molecule has 9 heteroatoms. The van der Waals surface area contributed by atoms with Crippen LogP contribution in [0.5, 0.6) is 0 Å². The Morgan fingerprint density at radius 1 is 1.33 bits per heavy atom. The van der Waals surface area contributed by atoms with Gasteiger partial charge in [-0.3, -0.25) is 20.3 Å². The second-order valence-corrected chi connectivity index (χ2v) is 8.35. The van der Waals surface area contributed by atoms with Crippen molar-refractivity contribution >= 4 is 28.6 Å². The summed E-state index contributed by atoms with van der Waals surface area (Å²) >= 11 is 0. The molecule has 3 rings (SSSR count). The van der Waals surface area contributed by atoms with E-state index in [0.29, 0.717) is 12.1 Å². The summed E-state index contributed by atoms with van der Waals surface area (Å²) in [5, 5.41) is 21.4. The third kappa shape index (κ3) is 5.72. The molecule has 1 aliphatic rings. The van der Waals surface area contributed by atoms with Crippen LogP contribution in [0.3, 0.4) is 0 Å². The highest BCUT2D eigenvalue weighted by atomic mass is 16.5. The average Bonchev–Trinajstić information content (AvgIpc) is 3.41. The van der Waals surface area contributed by atoms with Gasteiger partial charge in [-0.2, -0.15) is 0 Å². The molecule has 2 heterocycles. The Balaban J connectivity index is 1.68. The van der Waals surface area contributed by atoms with Crippen LogP contribution >= 0.6 is 0 Å². The van der Waals surface area contributed by atoms with Crippen molar-refractivity contribution < 1.29 is 19.4 Å². The third-order valence-corrected chi connectivity index (χ3v) is 6.29. The number of ether oxygens (including phenoxy) is 1. The fourth-order valence-corrected chi connectivity index (χ4v) is 4.65. The van der Waals surface area contributed by atoms with Gasteiger partial charge in [-0.15, -0.1) is 0 Å². The maximum absolute atomic E-state index is 13.0. The number of likely N-dealkylation sites (tertiary alicyclic amines) is 1. The monoisotopic (exact) mass is 457 g/mol. The first-order valence-corrected chi connectivity index (χ1v) is 11.7. The van der Waals surface area contributed by atoms with Crippen molar-refractivity contribution in [3.8, 4) is 0 Å². The number of aryl methyl sites for hydroxylation is 2. The Morgan fingerprint density at radius 3 is 2.79 bits per heavy atom. The molecule has 1 saturated heterocycles. The Bertz CT molecular complexity index is 1000. The Kier molecular flexibility index (Phi) is 8.46. The lowest BCUT2D eigenvalue weighted by Gasteiger charge is -2.28. The zero-order valence-corrected chi connectivity index (χ0v) is 19.5.